The van der Waals surface area contributed by atoms with Gasteiger partial charge in [-0.1, -0.05) is 0 Å². The number of aromatic nitrogens is 2. The molecule has 5 heteroatoms. The maximum Gasteiger partial charge on any atom is 0.187 e. The molecule has 3 nitrogen and oxygen atoms in total. The number of halogens is 2. The van der Waals surface area contributed by atoms with E-state index in [0.29, 0.717) is 0 Å². The third-order valence-corrected chi connectivity index (χ3v) is 2.21. The fourth-order valence-corrected chi connectivity index (χ4v) is 1.39. The molecule has 0 aliphatic heterocycles. The SMILES string of the molecule is O=C(Cc1cc(F)ccc1F)c1cnccn1. The zero-order chi connectivity index (χ0) is 12.3. The Labute approximate surface area is 96.2 Å². The molecule has 1 aromatic carbocycles. The van der Waals surface area contributed by atoms with Crippen molar-refractivity contribution >= 4 is 5.78 Å². The summed E-state index contributed by atoms with van der Waals surface area (Å²) in [6.45, 7) is 0. The maximum absolute atomic E-state index is 13.3. The van der Waals surface area contributed by atoms with Crippen LogP contribution in [-0.2, 0) is 6.42 Å². The van der Waals surface area contributed by atoms with Gasteiger partial charge in [-0.05, 0) is 23.8 Å². The van der Waals surface area contributed by atoms with Gasteiger partial charge in [-0.25, -0.2) is 13.8 Å². The summed E-state index contributed by atoms with van der Waals surface area (Å²) in [5.41, 5.74) is 0.150. The van der Waals surface area contributed by atoms with Gasteiger partial charge in [0.15, 0.2) is 5.78 Å². The van der Waals surface area contributed by atoms with Gasteiger partial charge in [-0.2, -0.15) is 0 Å². The van der Waals surface area contributed by atoms with Crippen molar-refractivity contribution in [2.75, 3.05) is 0 Å². The number of carbonyl (C=O) groups is 1. The summed E-state index contributed by atoms with van der Waals surface area (Å²) in [5, 5.41) is 0. The highest BCUT2D eigenvalue weighted by molar-refractivity contribution is 5.95. The molecule has 17 heavy (non-hydrogen) atoms. The van der Waals surface area contributed by atoms with Crippen LogP contribution in [0.5, 0.6) is 0 Å². The van der Waals surface area contributed by atoms with E-state index in [0.717, 1.165) is 18.2 Å². The lowest BCUT2D eigenvalue weighted by Gasteiger charge is -2.02. The molecule has 0 amide bonds. The van der Waals surface area contributed by atoms with Crippen LogP contribution in [0.3, 0.4) is 0 Å². The quantitative estimate of drug-likeness (QED) is 0.764. The highest BCUT2D eigenvalue weighted by Gasteiger charge is 2.12. The molecule has 2 rings (SSSR count). The third-order valence-electron chi connectivity index (χ3n) is 2.21. The van der Waals surface area contributed by atoms with Crippen molar-refractivity contribution in [1.29, 1.82) is 0 Å². The van der Waals surface area contributed by atoms with Crippen LogP contribution in [0.15, 0.2) is 36.8 Å². The predicted molar refractivity (Wildman–Crippen MR) is 56.4 cm³/mol. The molecule has 0 spiro atoms. The van der Waals surface area contributed by atoms with E-state index in [1.807, 2.05) is 0 Å². The van der Waals surface area contributed by atoms with E-state index >= 15 is 0 Å². The Kier molecular flexibility index (Phi) is 3.18. The van der Waals surface area contributed by atoms with Gasteiger partial charge < -0.3 is 0 Å². The van der Waals surface area contributed by atoms with Gasteiger partial charge in [0.1, 0.15) is 17.3 Å². The first-order valence-electron chi connectivity index (χ1n) is 4.90. The summed E-state index contributed by atoms with van der Waals surface area (Å²) in [4.78, 5) is 19.2. The number of hydrogen-bond acceptors (Lipinski definition) is 3. The molecule has 0 atom stereocenters. The molecule has 0 saturated carbocycles. The Hall–Kier alpha value is -2.17. The van der Waals surface area contributed by atoms with Crippen molar-refractivity contribution in [3.05, 3.63) is 59.7 Å². The standard InChI is InChI=1S/C12H8F2N2O/c13-9-1-2-10(14)8(5-9)6-12(17)11-7-15-3-4-16-11/h1-5,7H,6H2. The summed E-state index contributed by atoms with van der Waals surface area (Å²) >= 11 is 0. The van der Waals surface area contributed by atoms with E-state index in [9.17, 15) is 13.6 Å². The number of nitrogens with zero attached hydrogens (tertiary/aromatic N) is 2. The molecule has 0 N–H and O–H groups in total. The fraction of sp³-hybridized carbons (Fsp3) is 0.0833. The van der Waals surface area contributed by atoms with E-state index in [1.165, 1.54) is 18.6 Å². The van der Waals surface area contributed by atoms with Crippen LogP contribution in [0, 0.1) is 11.6 Å². The Balaban J connectivity index is 2.22. The minimum absolute atomic E-state index is 0.0145. The van der Waals surface area contributed by atoms with Crippen molar-refractivity contribution in [3.63, 3.8) is 0 Å². The Morgan fingerprint density at radius 2 is 2.06 bits per heavy atom. The Morgan fingerprint density at radius 3 is 2.76 bits per heavy atom. The monoisotopic (exact) mass is 234 g/mol. The molecule has 1 heterocycles. The number of ketones is 1. The second kappa shape index (κ2) is 4.78. The summed E-state index contributed by atoms with van der Waals surface area (Å²) in [5.74, 6) is -1.58. The zero-order valence-corrected chi connectivity index (χ0v) is 8.73. The molecule has 0 bridgehead atoms. The first-order valence-corrected chi connectivity index (χ1v) is 4.90. The average molecular weight is 234 g/mol. The molecule has 0 radical (unpaired) electrons. The van der Waals surface area contributed by atoms with Gasteiger partial charge in [0.25, 0.3) is 0 Å². The minimum Gasteiger partial charge on any atom is -0.292 e. The van der Waals surface area contributed by atoms with Crippen molar-refractivity contribution in [3.8, 4) is 0 Å². The molecule has 1 aromatic heterocycles. The van der Waals surface area contributed by atoms with Crippen molar-refractivity contribution in [2.45, 2.75) is 6.42 Å². The normalized spacial score (nSPS) is 10.2. The van der Waals surface area contributed by atoms with Gasteiger partial charge in [0, 0.05) is 18.8 Å². The summed E-state index contributed by atoms with van der Waals surface area (Å²) < 4.78 is 26.2. The van der Waals surface area contributed by atoms with Gasteiger partial charge in [-0.3, -0.25) is 9.78 Å². The largest absolute Gasteiger partial charge is 0.292 e. The topological polar surface area (TPSA) is 42.9 Å². The van der Waals surface area contributed by atoms with Gasteiger partial charge in [-0.15, -0.1) is 0 Å². The average Bonchev–Trinajstić information content (AvgIpc) is 2.35. The highest BCUT2D eigenvalue weighted by atomic mass is 19.1. The number of benzene rings is 1. The van der Waals surface area contributed by atoms with E-state index in [4.69, 9.17) is 0 Å². The number of hydrogen-bond donors (Lipinski definition) is 0. The first kappa shape index (κ1) is 11.3. The second-order valence-electron chi connectivity index (χ2n) is 3.43. The molecule has 0 saturated heterocycles. The summed E-state index contributed by atoms with van der Waals surface area (Å²) in [6.07, 6.45) is 3.86. The van der Waals surface area contributed by atoms with Crippen molar-refractivity contribution in [1.82, 2.24) is 9.97 Å². The van der Waals surface area contributed by atoms with Crippen LogP contribution in [0.2, 0.25) is 0 Å². The molecule has 0 aliphatic rings. The lowest BCUT2D eigenvalue weighted by atomic mass is 10.1. The van der Waals surface area contributed by atoms with Crippen molar-refractivity contribution in [2.24, 2.45) is 0 Å². The summed E-state index contributed by atoms with van der Waals surface area (Å²) in [6, 6.07) is 3.00. The van der Waals surface area contributed by atoms with Gasteiger partial charge >= 0.3 is 0 Å². The van der Waals surface area contributed by atoms with Crippen molar-refractivity contribution < 1.29 is 13.6 Å². The zero-order valence-electron chi connectivity index (χ0n) is 8.73. The second-order valence-corrected chi connectivity index (χ2v) is 3.43. The molecule has 2 aromatic rings. The molecular weight excluding hydrogens is 226 g/mol. The minimum atomic E-state index is -0.608. The number of rotatable bonds is 3. The number of carbonyl (C=O) groups excluding carboxylic acids is 1. The van der Waals surface area contributed by atoms with Gasteiger partial charge in [0.2, 0.25) is 0 Å². The van der Waals surface area contributed by atoms with Crippen LogP contribution in [-0.4, -0.2) is 15.8 Å². The third kappa shape index (κ3) is 2.69. The number of Topliss-reactive ketones (excluding diaryl/α,β-unsaturated/α-hetero) is 1. The molecule has 0 unspecified atom stereocenters. The van der Waals surface area contributed by atoms with E-state index < -0.39 is 17.4 Å². The van der Waals surface area contributed by atoms with Crippen LogP contribution < -0.4 is 0 Å². The first-order chi connectivity index (χ1) is 8.16. The summed E-state index contributed by atoms with van der Waals surface area (Å²) in [7, 11) is 0. The molecule has 0 fully saturated rings. The smallest absolute Gasteiger partial charge is 0.187 e. The maximum atomic E-state index is 13.3. The Morgan fingerprint density at radius 1 is 1.24 bits per heavy atom. The van der Waals surface area contributed by atoms with Crippen LogP contribution in [0.4, 0.5) is 8.78 Å². The van der Waals surface area contributed by atoms with Crippen LogP contribution in [0.1, 0.15) is 16.1 Å². The highest BCUT2D eigenvalue weighted by Crippen LogP contribution is 2.12. The molecule has 86 valence electrons. The Bertz CT molecular complexity index is 543. The molecule has 0 aliphatic carbocycles. The van der Waals surface area contributed by atoms with E-state index in [1.54, 1.807) is 0 Å². The van der Waals surface area contributed by atoms with Gasteiger partial charge in [0.05, 0.1) is 6.20 Å². The van der Waals surface area contributed by atoms with Crippen LogP contribution >= 0.6 is 0 Å². The fourth-order valence-electron chi connectivity index (χ4n) is 1.39. The van der Waals surface area contributed by atoms with E-state index in [-0.39, 0.29) is 17.7 Å². The lowest BCUT2D eigenvalue weighted by molar-refractivity contribution is 0.0986. The van der Waals surface area contributed by atoms with Crippen LogP contribution in [0.25, 0.3) is 0 Å². The predicted octanol–water partition coefficient (Wildman–Crippen LogP) is 2.18. The lowest BCUT2D eigenvalue weighted by Crippen LogP contribution is -2.07. The molecular formula is C12H8F2N2O. The van der Waals surface area contributed by atoms with E-state index in [2.05, 4.69) is 9.97 Å².